The number of hydrogen-bond acceptors (Lipinski definition) is 7. The standard InChI is InChI=1S/C29H35F2N7O4S/c1-29(2)16-38(43(41,42)20-12-17(30)11-18(31)13-20)15-22-25(29)34-35-26(22)33-27(39)21-9-8-19(36(3)4)14-23(21)32-28(40)24-7-6-10-37(24)5/h8-9,11-14,24H,6-7,10,15-16H2,1-5H3,(H,32,40)(H2,33,34,35,39)/t24-/m0/s1. The summed E-state index contributed by atoms with van der Waals surface area (Å²) >= 11 is 0. The van der Waals surface area contributed by atoms with E-state index in [0.29, 0.717) is 29.4 Å². The van der Waals surface area contributed by atoms with E-state index in [1.807, 2.05) is 30.9 Å². The molecule has 0 unspecified atom stereocenters. The van der Waals surface area contributed by atoms with Crippen LogP contribution in [0.1, 0.15) is 48.3 Å². The molecule has 1 aromatic heterocycles. The molecule has 0 saturated carbocycles. The van der Waals surface area contributed by atoms with E-state index in [0.717, 1.165) is 35.1 Å². The summed E-state index contributed by atoms with van der Waals surface area (Å²) in [5.41, 5.74) is 1.58. The van der Waals surface area contributed by atoms with E-state index in [1.54, 1.807) is 32.0 Å². The Morgan fingerprint density at radius 1 is 1.09 bits per heavy atom. The average Bonchev–Trinajstić information content (AvgIpc) is 3.54. The van der Waals surface area contributed by atoms with Gasteiger partial charge in [0, 0.05) is 55.6 Å². The SMILES string of the molecule is CN(C)c1ccc(C(=O)Nc2n[nH]c3c2CN(S(=O)(=O)c2cc(F)cc(F)c2)CC3(C)C)c(NC(=O)[C@@H]2CCCN2C)c1. The Labute approximate surface area is 249 Å². The van der Waals surface area contributed by atoms with Crippen molar-refractivity contribution in [1.82, 2.24) is 19.4 Å². The van der Waals surface area contributed by atoms with E-state index >= 15 is 0 Å². The molecule has 3 heterocycles. The number of sulfonamides is 1. The number of fused-ring (bicyclic) bond motifs is 1. The molecule has 3 aromatic rings. The van der Waals surface area contributed by atoms with Crippen LogP contribution in [0.5, 0.6) is 0 Å². The quantitative estimate of drug-likeness (QED) is 0.371. The minimum Gasteiger partial charge on any atom is -0.378 e. The fourth-order valence-electron chi connectivity index (χ4n) is 5.68. The molecular formula is C29H35F2N7O4S. The van der Waals surface area contributed by atoms with E-state index in [1.165, 1.54) is 0 Å². The topological polar surface area (TPSA) is 131 Å². The van der Waals surface area contributed by atoms with Gasteiger partial charge in [-0.25, -0.2) is 17.2 Å². The number of nitrogens with one attached hydrogen (secondary N) is 3. The Balaban J connectivity index is 1.45. The van der Waals surface area contributed by atoms with Crippen molar-refractivity contribution in [3.8, 4) is 0 Å². The third-order valence-corrected chi connectivity index (χ3v) is 9.77. The summed E-state index contributed by atoms with van der Waals surface area (Å²) in [5, 5.41) is 12.9. The summed E-state index contributed by atoms with van der Waals surface area (Å²) in [6.07, 6.45) is 1.62. The molecule has 1 fully saturated rings. The first kappa shape index (κ1) is 30.6. The Morgan fingerprint density at radius 2 is 1.79 bits per heavy atom. The van der Waals surface area contributed by atoms with E-state index < -0.39 is 37.9 Å². The highest BCUT2D eigenvalue weighted by Gasteiger charge is 2.41. The molecule has 3 N–H and O–H groups in total. The number of carbonyl (C=O) groups is 2. The number of aromatic amines is 1. The van der Waals surface area contributed by atoms with Crippen LogP contribution in [0.25, 0.3) is 0 Å². The molecule has 14 heteroatoms. The largest absolute Gasteiger partial charge is 0.378 e. The number of anilines is 3. The highest BCUT2D eigenvalue weighted by Crippen LogP contribution is 2.38. The molecule has 230 valence electrons. The predicted molar refractivity (Wildman–Crippen MR) is 159 cm³/mol. The van der Waals surface area contributed by atoms with Gasteiger partial charge in [0.05, 0.1) is 22.2 Å². The Hall–Kier alpha value is -3.88. The summed E-state index contributed by atoms with van der Waals surface area (Å²) in [6.45, 7) is 4.23. The Morgan fingerprint density at radius 3 is 2.42 bits per heavy atom. The lowest BCUT2D eigenvalue weighted by Gasteiger charge is -2.36. The van der Waals surface area contributed by atoms with Gasteiger partial charge in [0.25, 0.3) is 5.91 Å². The average molecular weight is 616 g/mol. The van der Waals surface area contributed by atoms with E-state index in [-0.39, 0.29) is 36.4 Å². The zero-order valence-electron chi connectivity index (χ0n) is 24.7. The third kappa shape index (κ3) is 5.99. The van der Waals surface area contributed by atoms with Crippen LogP contribution in [0, 0.1) is 11.6 Å². The fourth-order valence-corrected chi connectivity index (χ4v) is 7.29. The number of aromatic nitrogens is 2. The molecule has 43 heavy (non-hydrogen) atoms. The number of likely N-dealkylation sites (N-methyl/N-ethyl adjacent to an activating group) is 1. The van der Waals surface area contributed by atoms with Gasteiger partial charge >= 0.3 is 0 Å². The van der Waals surface area contributed by atoms with Crippen LogP contribution in [0.3, 0.4) is 0 Å². The highest BCUT2D eigenvalue weighted by atomic mass is 32.2. The van der Waals surface area contributed by atoms with E-state index in [2.05, 4.69) is 20.8 Å². The van der Waals surface area contributed by atoms with Crippen molar-refractivity contribution in [2.24, 2.45) is 0 Å². The second-order valence-electron chi connectivity index (χ2n) is 11.9. The minimum absolute atomic E-state index is 0.00777. The monoisotopic (exact) mass is 615 g/mol. The van der Waals surface area contributed by atoms with Crippen LogP contribution in [0.2, 0.25) is 0 Å². The van der Waals surface area contributed by atoms with Crippen molar-refractivity contribution < 1.29 is 26.8 Å². The minimum atomic E-state index is -4.30. The summed E-state index contributed by atoms with van der Waals surface area (Å²) in [5.74, 6) is -2.66. The smallest absolute Gasteiger partial charge is 0.258 e. The number of likely N-dealkylation sites (tertiary alicyclic amines) is 1. The first-order chi connectivity index (χ1) is 20.2. The first-order valence-electron chi connectivity index (χ1n) is 13.8. The van der Waals surface area contributed by atoms with Gasteiger partial charge in [-0.1, -0.05) is 13.8 Å². The van der Waals surface area contributed by atoms with E-state index in [9.17, 15) is 26.8 Å². The van der Waals surface area contributed by atoms with Crippen molar-refractivity contribution in [1.29, 1.82) is 0 Å². The molecule has 0 spiro atoms. The summed E-state index contributed by atoms with van der Waals surface area (Å²) < 4.78 is 55.8. The lowest BCUT2D eigenvalue weighted by atomic mass is 9.84. The van der Waals surface area contributed by atoms with Crippen LogP contribution >= 0.6 is 0 Å². The fraction of sp³-hybridized carbons (Fsp3) is 0.414. The third-order valence-electron chi connectivity index (χ3n) is 8.00. The van der Waals surface area contributed by atoms with Gasteiger partial charge in [0.15, 0.2) is 5.82 Å². The maximum Gasteiger partial charge on any atom is 0.258 e. The molecule has 2 aromatic carbocycles. The van der Waals surface area contributed by atoms with Gasteiger partial charge in [-0.3, -0.25) is 19.6 Å². The normalized spacial score (nSPS) is 18.7. The summed E-state index contributed by atoms with van der Waals surface area (Å²) in [6, 6.07) is 6.93. The number of rotatable bonds is 7. The van der Waals surface area contributed by atoms with Gasteiger partial charge in [-0.15, -0.1) is 0 Å². The lowest BCUT2D eigenvalue weighted by molar-refractivity contribution is -0.119. The maximum atomic E-state index is 13.9. The van der Waals surface area contributed by atoms with Crippen LogP contribution in [-0.4, -0.2) is 79.9 Å². The number of benzene rings is 2. The van der Waals surface area contributed by atoms with Gasteiger partial charge in [-0.05, 0) is 56.8 Å². The number of amides is 2. The molecule has 2 aliphatic rings. The molecule has 5 rings (SSSR count). The molecule has 0 aliphatic carbocycles. The van der Waals surface area contributed by atoms with Gasteiger partial charge in [-0.2, -0.15) is 9.40 Å². The summed E-state index contributed by atoms with van der Waals surface area (Å²) in [7, 11) is 1.28. The second kappa shape index (κ2) is 11.3. The second-order valence-corrected chi connectivity index (χ2v) is 13.8. The number of hydrogen-bond donors (Lipinski definition) is 3. The maximum absolute atomic E-state index is 13.9. The van der Waals surface area contributed by atoms with E-state index in [4.69, 9.17) is 0 Å². The number of nitrogens with zero attached hydrogens (tertiary/aromatic N) is 4. The van der Waals surface area contributed by atoms with Crippen LogP contribution in [0.4, 0.5) is 26.0 Å². The van der Waals surface area contributed by atoms with Crippen LogP contribution in [0.15, 0.2) is 41.3 Å². The molecule has 11 nitrogen and oxygen atoms in total. The highest BCUT2D eigenvalue weighted by molar-refractivity contribution is 7.89. The number of H-pyrrole nitrogens is 1. The predicted octanol–water partition coefficient (Wildman–Crippen LogP) is 3.52. The van der Waals surface area contributed by atoms with Crippen LogP contribution in [-0.2, 0) is 26.8 Å². The molecular weight excluding hydrogens is 580 g/mol. The van der Waals surface area contributed by atoms with Crippen molar-refractivity contribution in [2.75, 3.05) is 49.8 Å². The molecule has 1 atom stereocenters. The van der Waals surface area contributed by atoms with Crippen molar-refractivity contribution >= 4 is 39.0 Å². The van der Waals surface area contributed by atoms with Gasteiger partial charge in [0.2, 0.25) is 15.9 Å². The molecule has 0 bridgehead atoms. The van der Waals surface area contributed by atoms with Crippen LogP contribution < -0.4 is 15.5 Å². The number of halogens is 2. The van der Waals surface area contributed by atoms with Gasteiger partial charge in [0.1, 0.15) is 11.6 Å². The Bertz CT molecular complexity index is 1670. The summed E-state index contributed by atoms with van der Waals surface area (Å²) in [4.78, 5) is 30.1. The molecule has 2 amide bonds. The van der Waals surface area contributed by atoms with Gasteiger partial charge < -0.3 is 15.5 Å². The van der Waals surface area contributed by atoms with Crippen molar-refractivity contribution in [2.45, 2.75) is 49.6 Å². The lowest BCUT2D eigenvalue weighted by Crippen LogP contribution is -2.45. The molecule has 1 saturated heterocycles. The van der Waals surface area contributed by atoms with Crippen molar-refractivity contribution in [3.63, 3.8) is 0 Å². The first-order valence-corrected chi connectivity index (χ1v) is 15.3. The zero-order valence-corrected chi connectivity index (χ0v) is 25.5. The number of carbonyl (C=O) groups excluding carboxylic acids is 2. The van der Waals surface area contributed by atoms with Crippen molar-refractivity contribution in [3.05, 3.63) is 64.9 Å². The molecule has 0 radical (unpaired) electrons. The molecule has 2 aliphatic heterocycles. The Kier molecular flexibility index (Phi) is 8.05. The zero-order chi connectivity index (χ0) is 31.3.